The molecule has 0 atom stereocenters. The third kappa shape index (κ3) is 4.71. The molecule has 0 aliphatic carbocycles. The third-order valence-corrected chi connectivity index (χ3v) is 4.67. The van der Waals surface area contributed by atoms with Crippen molar-refractivity contribution in [1.29, 1.82) is 0 Å². The number of fused-ring (bicyclic) bond motifs is 1. The minimum Gasteiger partial charge on any atom is -0.337 e. The lowest BCUT2D eigenvalue weighted by Crippen LogP contribution is -2.38. The van der Waals surface area contributed by atoms with Gasteiger partial charge in [0.2, 0.25) is 5.91 Å². The minimum absolute atomic E-state index is 0.162. The molecule has 0 radical (unpaired) electrons. The first kappa shape index (κ1) is 20.7. The van der Waals surface area contributed by atoms with Crippen molar-refractivity contribution in [2.45, 2.75) is 20.3 Å². The number of aromatic amines is 1. The average Bonchev–Trinajstić information content (AvgIpc) is 3.12. The van der Waals surface area contributed by atoms with Crippen molar-refractivity contribution in [3.8, 4) is 0 Å². The number of carbonyl (C=O) groups is 2. The van der Waals surface area contributed by atoms with E-state index in [1.54, 1.807) is 25.1 Å². The first-order chi connectivity index (χ1) is 13.8. The van der Waals surface area contributed by atoms with Crippen LogP contribution in [0.5, 0.6) is 0 Å². The van der Waals surface area contributed by atoms with Gasteiger partial charge in [0.15, 0.2) is 5.82 Å². The van der Waals surface area contributed by atoms with Crippen molar-refractivity contribution in [3.05, 3.63) is 58.4 Å². The van der Waals surface area contributed by atoms with Gasteiger partial charge in [-0.25, -0.2) is 13.8 Å². The maximum Gasteiger partial charge on any atom is 0.295 e. The van der Waals surface area contributed by atoms with Crippen LogP contribution in [0.2, 0.25) is 5.02 Å². The Hall–Kier alpha value is -3.00. The van der Waals surface area contributed by atoms with E-state index in [1.807, 2.05) is 6.92 Å². The Balaban J connectivity index is 1.75. The first-order valence-electron chi connectivity index (χ1n) is 8.91. The number of halogens is 3. The molecule has 9 heteroatoms. The van der Waals surface area contributed by atoms with E-state index in [2.05, 4.69) is 15.3 Å². The summed E-state index contributed by atoms with van der Waals surface area (Å²) in [6, 6.07) is 9.60. The monoisotopic (exact) mass is 420 g/mol. The second kappa shape index (κ2) is 8.57. The van der Waals surface area contributed by atoms with Crippen molar-refractivity contribution >= 4 is 40.1 Å². The van der Waals surface area contributed by atoms with Crippen LogP contribution < -0.4 is 5.32 Å². The summed E-state index contributed by atoms with van der Waals surface area (Å²) in [6.07, 6.45) is -2.73. The Morgan fingerprint density at radius 3 is 2.69 bits per heavy atom. The molecule has 0 aliphatic heterocycles. The van der Waals surface area contributed by atoms with Gasteiger partial charge in [0, 0.05) is 22.8 Å². The number of hydrogen-bond donors (Lipinski definition) is 2. The highest BCUT2D eigenvalue weighted by Gasteiger charge is 2.20. The number of amides is 2. The fraction of sp³-hybridized carbons (Fsp3) is 0.250. The number of aromatic nitrogens is 2. The standard InChI is InChI=1S/C20H19ClF2N4O2/c1-3-27(10-17(28)24-15-9-13(21)6-4-11(15)2)20(29)12-5-7-14-16(8-12)26-19(25-14)18(22)23/h4-9,18H,3,10H2,1-2H3,(H,24,28)(H,25,26). The first-order valence-corrected chi connectivity index (χ1v) is 9.29. The maximum atomic E-state index is 12.8. The Morgan fingerprint density at radius 2 is 2.00 bits per heavy atom. The van der Waals surface area contributed by atoms with E-state index in [-0.39, 0.29) is 23.9 Å². The molecule has 0 saturated heterocycles. The molecule has 2 aromatic carbocycles. The van der Waals surface area contributed by atoms with Crippen LogP contribution in [0.3, 0.4) is 0 Å². The summed E-state index contributed by atoms with van der Waals surface area (Å²) in [5.74, 6) is -1.21. The molecular weight excluding hydrogens is 402 g/mol. The lowest BCUT2D eigenvalue weighted by molar-refractivity contribution is -0.116. The maximum absolute atomic E-state index is 12.8. The van der Waals surface area contributed by atoms with Crippen molar-refractivity contribution < 1.29 is 18.4 Å². The fourth-order valence-electron chi connectivity index (χ4n) is 2.87. The molecular formula is C20H19ClF2N4O2. The lowest BCUT2D eigenvalue weighted by atomic mass is 10.1. The van der Waals surface area contributed by atoms with Gasteiger partial charge in [0.05, 0.1) is 11.0 Å². The SMILES string of the molecule is CCN(CC(=O)Nc1cc(Cl)ccc1C)C(=O)c1ccc2nc(C(F)F)[nH]c2c1. The van der Waals surface area contributed by atoms with E-state index in [4.69, 9.17) is 11.6 Å². The highest BCUT2D eigenvalue weighted by atomic mass is 35.5. The highest BCUT2D eigenvalue weighted by molar-refractivity contribution is 6.31. The van der Waals surface area contributed by atoms with E-state index < -0.39 is 12.2 Å². The van der Waals surface area contributed by atoms with Gasteiger partial charge in [-0.3, -0.25) is 9.59 Å². The topological polar surface area (TPSA) is 78.1 Å². The normalized spacial score (nSPS) is 11.1. The molecule has 3 aromatic rings. The smallest absolute Gasteiger partial charge is 0.295 e. The zero-order valence-electron chi connectivity index (χ0n) is 15.8. The summed E-state index contributed by atoms with van der Waals surface area (Å²) < 4.78 is 25.6. The molecule has 6 nitrogen and oxygen atoms in total. The molecule has 0 bridgehead atoms. The van der Waals surface area contributed by atoms with Gasteiger partial charge >= 0.3 is 0 Å². The van der Waals surface area contributed by atoms with E-state index in [0.717, 1.165) is 5.56 Å². The van der Waals surface area contributed by atoms with Crippen LogP contribution in [0.4, 0.5) is 14.5 Å². The molecule has 0 fully saturated rings. The Kier molecular flexibility index (Phi) is 6.12. The number of likely N-dealkylation sites (N-methyl/N-ethyl adjacent to an activating group) is 1. The van der Waals surface area contributed by atoms with Crippen LogP contribution >= 0.6 is 11.6 Å². The molecule has 0 saturated carbocycles. The van der Waals surface area contributed by atoms with Crippen molar-refractivity contribution in [3.63, 3.8) is 0 Å². The Morgan fingerprint density at radius 1 is 1.24 bits per heavy atom. The van der Waals surface area contributed by atoms with Crippen molar-refractivity contribution in [2.24, 2.45) is 0 Å². The molecule has 0 unspecified atom stereocenters. The number of imidazole rings is 1. The van der Waals surface area contributed by atoms with Crippen LogP contribution in [0.15, 0.2) is 36.4 Å². The largest absolute Gasteiger partial charge is 0.337 e. The van der Waals surface area contributed by atoms with Crippen LogP contribution in [-0.4, -0.2) is 39.8 Å². The van der Waals surface area contributed by atoms with Crippen LogP contribution in [-0.2, 0) is 4.79 Å². The third-order valence-electron chi connectivity index (χ3n) is 4.43. The number of nitrogens with one attached hydrogen (secondary N) is 2. The number of alkyl halides is 2. The van der Waals surface area contributed by atoms with Crippen molar-refractivity contribution in [1.82, 2.24) is 14.9 Å². The molecule has 1 heterocycles. The summed E-state index contributed by atoms with van der Waals surface area (Å²) >= 11 is 5.96. The number of hydrogen-bond acceptors (Lipinski definition) is 3. The molecule has 1 aromatic heterocycles. The zero-order valence-corrected chi connectivity index (χ0v) is 16.6. The fourth-order valence-corrected chi connectivity index (χ4v) is 3.04. The van der Waals surface area contributed by atoms with Gasteiger partial charge in [-0.1, -0.05) is 17.7 Å². The van der Waals surface area contributed by atoms with Crippen molar-refractivity contribution in [2.75, 3.05) is 18.4 Å². The summed E-state index contributed by atoms with van der Waals surface area (Å²) in [7, 11) is 0. The van der Waals surface area contributed by atoms with E-state index in [1.165, 1.54) is 23.1 Å². The summed E-state index contributed by atoms with van der Waals surface area (Å²) in [5.41, 5.74) is 2.37. The van der Waals surface area contributed by atoms with Gasteiger partial charge in [-0.05, 0) is 49.7 Å². The molecule has 2 N–H and O–H groups in total. The highest BCUT2D eigenvalue weighted by Crippen LogP contribution is 2.22. The number of nitrogens with zero attached hydrogens (tertiary/aromatic N) is 2. The lowest BCUT2D eigenvalue weighted by Gasteiger charge is -2.21. The minimum atomic E-state index is -2.73. The Bertz CT molecular complexity index is 1070. The average molecular weight is 421 g/mol. The number of rotatable bonds is 6. The Labute approximate surface area is 170 Å². The van der Waals surface area contributed by atoms with Crippen LogP contribution in [0.1, 0.15) is 35.1 Å². The van der Waals surface area contributed by atoms with E-state index >= 15 is 0 Å². The van der Waals surface area contributed by atoms with Crippen LogP contribution in [0, 0.1) is 6.92 Å². The van der Waals surface area contributed by atoms with E-state index in [9.17, 15) is 18.4 Å². The number of benzene rings is 2. The molecule has 3 rings (SSSR count). The second-order valence-corrected chi connectivity index (χ2v) is 6.92. The summed E-state index contributed by atoms with van der Waals surface area (Å²) in [4.78, 5) is 32.9. The molecule has 152 valence electrons. The quantitative estimate of drug-likeness (QED) is 0.613. The number of anilines is 1. The number of carbonyl (C=O) groups excluding carboxylic acids is 2. The summed E-state index contributed by atoms with van der Waals surface area (Å²) in [6.45, 7) is 3.72. The molecule has 0 aliphatic rings. The molecule has 2 amide bonds. The number of aryl methyl sites for hydroxylation is 1. The predicted octanol–water partition coefficient (Wildman–Crippen LogP) is 4.56. The van der Waals surface area contributed by atoms with E-state index in [0.29, 0.717) is 28.3 Å². The molecule has 0 spiro atoms. The summed E-state index contributed by atoms with van der Waals surface area (Å²) in [5, 5.41) is 3.24. The van der Waals surface area contributed by atoms with Gasteiger partial charge in [0.25, 0.3) is 12.3 Å². The van der Waals surface area contributed by atoms with Gasteiger partial charge in [0.1, 0.15) is 6.54 Å². The van der Waals surface area contributed by atoms with Gasteiger partial charge in [-0.2, -0.15) is 0 Å². The predicted molar refractivity (Wildman–Crippen MR) is 107 cm³/mol. The van der Waals surface area contributed by atoms with Crippen LogP contribution in [0.25, 0.3) is 11.0 Å². The molecule has 29 heavy (non-hydrogen) atoms. The number of H-pyrrole nitrogens is 1. The van der Waals surface area contributed by atoms with Gasteiger partial charge < -0.3 is 15.2 Å². The second-order valence-electron chi connectivity index (χ2n) is 6.48. The van der Waals surface area contributed by atoms with Gasteiger partial charge in [-0.15, -0.1) is 0 Å². The zero-order chi connectivity index (χ0) is 21.1.